The highest BCUT2D eigenvalue weighted by Crippen LogP contribution is 2.00. The van der Waals surface area contributed by atoms with Crippen molar-refractivity contribution >= 4 is 17.8 Å². The molecule has 1 unspecified atom stereocenters. The molecule has 0 rings (SSSR count). The quantitative estimate of drug-likeness (QED) is 0.436. The summed E-state index contributed by atoms with van der Waals surface area (Å²) in [5.74, 6) is -2.53. The summed E-state index contributed by atoms with van der Waals surface area (Å²) in [6, 6.07) is -0.948. The fraction of sp³-hybridized carbons (Fsp3) is 0.700. The maximum Gasteiger partial charge on any atom is 0.326 e. The van der Waals surface area contributed by atoms with Crippen molar-refractivity contribution in [3.05, 3.63) is 0 Å². The number of rotatable bonds is 9. The molecule has 0 aliphatic heterocycles. The second-order valence-corrected chi connectivity index (χ2v) is 3.64. The van der Waals surface area contributed by atoms with E-state index in [4.69, 9.17) is 15.9 Å². The molecule has 0 saturated heterocycles. The minimum absolute atomic E-state index is 0.0126. The average molecular weight is 246 g/mol. The first-order valence-corrected chi connectivity index (χ1v) is 5.41. The zero-order valence-electron chi connectivity index (χ0n) is 9.52. The van der Waals surface area contributed by atoms with E-state index in [-0.39, 0.29) is 25.7 Å². The van der Waals surface area contributed by atoms with Crippen LogP contribution in [-0.4, -0.2) is 40.6 Å². The molecular weight excluding hydrogens is 228 g/mol. The van der Waals surface area contributed by atoms with Crippen molar-refractivity contribution < 1.29 is 24.6 Å². The van der Waals surface area contributed by atoms with E-state index in [2.05, 4.69) is 5.32 Å². The van der Waals surface area contributed by atoms with Gasteiger partial charge in [-0.25, -0.2) is 4.79 Å². The number of nitrogens with two attached hydrogens (primary N) is 1. The third-order valence-electron chi connectivity index (χ3n) is 2.12. The Morgan fingerprint density at radius 3 is 2.24 bits per heavy atom. The molecule has 0 bridgehead atoms. The molecule has 7 nitrogen and oxygen atoms in total. The van der Waals surface area contributed by atoms with E-state index in [1.54, 1.807) is 0 Å². The van der Waals surface area contributed by atoms with Gasteiger partial charge in [0.15, 0.2) is 0 Å². The van der Waals surface area contributed by atoms with Crippen LogP contribution in [0.4, 0.5) is 0 Å². The number of carbonyl (C=O) groups excluding carboxylic acids is 1. The molecule has 0 heterocycles. The van der Waals surface area contributed by atoms with Gasteiger partial charge in [0, 0.05) is 12.8 Å². The van der Waals surface area contributed by atoms with Crippen LogP contribution in [0.5, 0.6) is 0 Å². The third-order valence-corrected chi connectivity index (χ3v) is 2.12. The maximum atomic E-state index is 11.3. The molecule has 0 aromatic carbocycles. The summed E-state index contributed by atoms with van der Waals surface area (Å²) < 4.78 is 0. The Morgan fingerprint density at radius 1 is 1.12 bits per heavy atom. The van der Waals surface area contributed by atoms with E-state index in [9.17, 15) is 14.4 Å². The first-order chi connectivity index (χ1) is 7.97. The van der Waals surface area contributed by atoms with Crippen LogP contribution in [-0.2, 0) is 14.4 Å². The molecule has 0 aliphatic rings. The van der Waals surface area contributed by atoms with Gasteiger partial charge in [-0.05, 0) is 25.8 Å². The monoisotopic (exact) mass is 246 g/mol. The van der Waals surface area contributed by atoms with Crippen molar-refractivity contribution in [2.24, 2.45) is 5.73 Å². The Kier molecular flexibility index (Phi) is 7.70. The molecule has 0 aromatic heterocycles. The number of carbonyl (C=O) groups is 3. The van der Waals surface area contributed by atoms with Gasteiger partial charge >= 0.3 is 11.9 Å². The van der Waals surface area contributed by atoms with E-state index in [1.807, 2.05) is 0 Å². The van der Waals surface area contributed by atoms with E-state index in [0.29, 0.717) is 13.0 Å². The van der Waals surface area contributed by atoms with E-state index < -0.39 is 23.9 Å². The third kappa shape index (κ3) is 8.21. The van der Waals surface area contributed by atoms with Crippen molar-refractivity contribution in [3.63, 3.8) is 0 Å². The van der Waals surface area contributed by atoms with Gasteiger partial charge < -0.3 is 21.3 Å². The fourth-order valence-corrected chi connectivity index (χ4v) is 1.25. The van der Waals surface area contributed by atoms with Crippen LogP contribution < -0.4 is 11.1 Å². The number of nitrogens with one attached hydrogen (secondary N) is 1. The van der Waals surface area contributed by atoms with Crippen LogP contribution in [0.25, 0.3) is 0 Å². The van der Waals surface area contributed by atoms with Crippen molar-refractivity contribution in [1.82, 2.24) is 5.32 Å². The Labute approximate surface area is 99.0 Å². The molecule has 0 aliphatic carbocycles. The number of aliphatic carboxylic acids is 2. The molecule has 0 radical (unpaired) electrons. The average Bonchev–Trinajstić information content (AvgIpc) is 2.23. The number of carboxylic acid groups (broad SMARTS) is 2. The number of carboxylic acids is 2. The zero-order chi connectivity index (χ0) is 13.3. The number of amides is 1. The van der Waals surface area contributed by atoms with Gasteiger partial charge in [-0.3, -0.25) is 9.59 Å². The lowest BCUT2D eigenvalue weighted by Gasteiger charge is -2.13. The molecule has 0 saturated carbocycles. The summed E-state index contributed by atoms with van der Waals surface area (Å²) in [4.78, 5) is 32.3. The topological polar surface area (TPSA) is 130 Å². The van der Waals surface area contributed by atoms with Gasteiger partial charge in [0.2, 0.25) is 5.91 Å². The molecule has 1 atom stereocenters. The van der Waals surface area contributed by atoms with Crippen LogP contribution in [0.3, 0.4) is 0 Å². The van der Waals surface area contributed by atoms with E-state index in [0.717, 1.165) is 0 Å². The van der Waals surface area contributed by atoms with Gasteiger partial charge in [-0.15, -0.1) is 0 Å². The molecule has 98 valence electrons. The Morgan fingerprint density at radius 2 is 1.76 bits per heavy atom. The summed E-state index contributed by atoms with van der Waals surface area (Å²) in [6.07, 6.45) is 0.889. The lowest BCUT2D eigenvalue weighted by atomic mass is 10.1. The molecule has 0 fully saturated rings. The van der Waals surface area contributed by atoms with Crippen molar-refractivity contribution in [2.45, 2.75) is 38.1 Å². The van der Waals surface area contributed by atoms with Crippen molar-refractivity contribution in [3.8, 4) is 0 Å². The standard InChI is InChI=1S/C10H18N2O5/c11-6-2-3-7(10(16)17)12-8(13)4-1-5-9(14)15/h7H,1-6,11H2,(H,12,13)(H,14,15)(H,16,17). The molecule has 0 spiro atoms. The van der Waals surface area contributed by atoms with Crippen LogP contribution in [0, 0.1) is 0 Å². The Bertz CT molecular complexity index is 280. The highest BCUT2D eigenvalue weighted by Gasteiger charge is 2.18. The zero-order valence-corrected chi connectivity index (χ0v) is 9.52. The molecule has 0 aromatic rings. The summed E-state index contributed by atoms with van der Waals surface area (Å²) in [5.41, 5.74) is 5.25. The second kappa shape index (κ2) is 8.51. The predicted octanol–water partition coefficient (Wildman–Crippen LogP) is -0.450. The smallest absolute Gasteiger partial charge is 0.326 e. The van der Waals surface area contributed by atoms with Crippen LogP contribution in [0.2, 0.25) is 0 Å². The van der Waals surface area contributed by atoms with Crippen LogP contribution in [0.15, 0.2) is 0 Å². The minimum Gasteiger partial charge on any atom is -0.481 e. The maximum absolute atomic E-state index is 11.3. The summed E-state index contributed by atoms with van der Waals surface area (Å²) >= 11 is 0. The molecule has 7 heteroatoms. The van der Waals surface area contributed by atoms with Crippen molar-refractivity contribution in [2.75, 3.05) is 6.54 Å². The van der Waals surface area contributed by atoms with E-state index >= 15 is 0 Å². The summed E-state index contributed by atoms with van der Waals surface area (Å²) in [5, 5.41) is 19.5. The molecular formula is C10H18N2O5. The molecule has 5 N–H and O–H groups in total. The minimum atomic E-state index is -1.11. The highest BCUT2D eigenvalue weighted by molar-refractivity contribution is 5.83. The fourth-order valence-electron chi connectivity index (χ4n) is 1.25. The largest absolute Gasteiger partial charge is 0.481 e. The number of hydrogen-bond donors (Lipinski definition) is 4. The van der Waals surface area contributed by atoms with Gasteiger partial charge in [0.05, 0.1) is 0 Å². The van der Waals surface area contributed by atoms with Gasteiger partial charge in [-0.2, -0.15) is 0 Å². The lowest BCUT2D eigenvalue weighted by molar-refractivity contribution is -0.142. The van der Waals surface area contributed by atoms with Crippen LogP contribution >= 0.6 is 0 Å². The molecule has 17 heavy (non-hydrogen) atoms. The number of hydrogen-bond acceptors (Lipinski definition) is 4. The summed E-state index contributed by atoms with van der Waals surface area (Å²) in [7, 11) is 0. The predicted molar refractivity (Wildman–Crippen MR) is 59.3 cm³/mol. The SMILES string of the molecule is NCCCC(NC(=O)CCCC(=O)O)C(=O)O. The van der Waals surface area contributed by atoms with Crippen LogP contribution in [0.1, 0.15) is 32.1 Å². The van der Waals surface area contributed by atoms with Gasteiger partial charge in [-0.1, -0.05) is 0 Å². The second-order valence-electron chi connectivity index (χ2n) is 3.64. The van der Waals surface area contributed by atoms with Gasteiger partial charge in [0.1, 0.15) is 6.04 Å². The van der Waals surface area contributed by atoms with Crippen molar-refractivity contribution in [1.29, 1.82) is 0 Å². The Balaban J connectivity index is 3.95. The lowest BCUT2D eigenvalue weighted by Crippen LogP contribution is -2.41. The molecule has 1 amide bonds. The first-order valence-electron chi connectivity index (χ1n) is 5.41. The first kappa shape index (κ1) is 15.4. The normalized spacial score (nSPS) is 11.8. The Hall–Kier alpha value is -1.63. The summed E-state index contributed by atoms with van der Waals surface area (Å²) in [6.45, 7) is 0.360. The highest BCUT2D eigenvalue weighted by atomic mass is 16.4. The van der Waals surface area contributed by atoms with Gasteiger partial charge in [0.25, 0.3) is 0 Å². The van der Waals surface area contributed by atoms with E-state index in [1.165, 1.54) is 0 Å².